The zero-order valence-electron chi connectivity index (χ0n) is 25.0. The summed E-state index contributed by atoms with van der Waals surface area (Å²) in [6.07, 6.45) is 1.66. The lowest BCUT2D eigenvalue weighted by molar-refractivity contribution is -0.385. The van der Waals surface area contributed by atoms with Crippen molar-refractivity contribution in [3.05, 3.63) is 93.8 Å². The number of amides is 2. The lowest BCUT2D eigenvalue weighted by Gasteiger charge is -2.24. The Bertz CT molecular complexity index is 1660. The number of benzene rings is 3. The molecule has 4 aromatic rings. The molecule has 2 amide bonds. The fraction of sp³-hybridized carbons (Fsp3) is 0.344. The van der Waals surface area contributed by atoms with Gasteiger partial charge in [0.05, 0.1) is 22.5 Å². The molecule has 0 bridgehead atoms. The number of ether oxygens (including phenoxy) is 1. The van der Waals surface area contributed by atoms with Gasteiger partial charge in [0.1, 0.15) is 17.2 Å². The number of rotatable bonds is 11. The van der Waals surface area contributed by atoms with Gasteiger partial charge in [-0.25, -0.2) is 18.6 Å². The Hall–Kier alpha value is -4.87. The molecule has 1 heterocycles. The molecule has 1 atom stereocenters. The second kappa shape index (κ2) is 13.6. The first-order valence-electron chi connectivity index (χ1n) is 14.3. The number of alkyl carbamates (subject to hydrolysis) is 1. The molecule has 12 heteroatoms. The Morgan fingerprint density at radius 3 is 2.41 bits per heavy atom. The maximum absolute atomic E-state index is 14.8. The summed E-state index contributed by atoms with van der Waals surface area (Å²) in [5.41, 5.74) is 1.37. The van der Waals surface area contributed by atoms with E-state index in [1.807, 2.05) is 6.92 Å². The number of non-ortho nitro benzene ring substituents is 1. The second-order valence-corrected chi connectivity index (χ2v) is 11.5. The lowest BCUT2D eigenvalue weighted by atomic mass is 10.1. The molecule has 0 radical (unpaired) electrons. The van der Waals surface area contributed by atoms with E-state index >= 15 is 0 Å². The average molecular weight is 608 g/mol. The van der Waals surface area contributed by atoms with Crippen LogP contribution in [0, 0.1) is 21.7 Å². The topological polar surface area (TPSA) is 128 Å². The van der Waals surface area contributed by atoms with Crippen LogP contribution in [0.25, 0.3) is 22.2 Å². The Kier molecular flexibility index (Phi) is 9.92. The standard InChI is InChI=1S/C32H35F2N5O5/c1-5-6-7-24(36-31(41)44-32(2,3)4)18-35-30(40)29-37-27-17-21(20-8-11-23(33)12-9-20)10-15-28(27)38(29)19-22-16-25(39(42)43)13-14-26(22)34/h8-17,24H,5-7,18-19H2,1-4H3,(H,35,40)(H,36,41)/t24-/m0/s1. The van der Waals surface area contributed by atoms with Crippen molar-refractivity contribution in [3.63, 3.8) is 0 Å². The van der Waals surface area contributed by atoms with Crippen LogP contribution < -0.4 is 10.6 Å². The van der Waals surface area contributed by atoms with Crippen LogP contribution >= 0.6 is 0 Å². The van der Waals surface area contributed by atoms with Crippen molar-refractivity contribution in [2.75, 3.05) is 6.54 Å². The number of hydrogen-bond acceptors (Lipinski definition) is 6. The number of fused-ring (bicyclic) bond motifs is 1. The molecule has 0 aliphatic rings. The smallest absolute Gasteiger partial charge is 0.407 e. The van der Waals surface area contributed by atoms with E-state index in [9.17, 15) is 28.5 Å². The molecule has 1 aromatic heterocycles. The van der Waals surface area contributed by atoms with Crippen molar-refractivity contribution in [2.24, 2.45) is 0 Å². The Balaban J connectivity index is 1.68. The van der Waals surface area contributed by atoms with Gasteiger partial charge in [-0.3, -0.25) is 14.9 Å². The quantitative estimate of drug-likeness (QED) is 0.143. The minimum atomic E-state index is -0.692. The molecule has 0 fully saturated rings. The summed E-state index contributed by atoms with van der Waals surface area (Å²) in [5.74, 6) is -1.68. The van der Waals surface area contributed by atoms with Gasteiger partial charge in [-0.2, -0.15) is 0 Å². The molecule has 0 aliphatic carbocycles. The van der Waals surface area contributed by atoms with Crippen LogP contribution in [-0.2, 0) is 11.3 Å². The van der Waals surface area contributed by atoms with E-state index in [2.05, 4.69) is 15.6 Å². The van der Waals surface area contributed by atoms with Crippen LogP contribution in [0.15, 0.2) is 60.7 Å². The molecule has 10 nitrogen and oxygen atoms in total. The number of nitro benzene ring substituents is 1. The number of nitrogens with one attached hydrogen (secondary N) is 2. The van der Waals surface area contributed by atoms with Gasteiger partial charge in [-0.1, -0.05) is 38.0 Å². The van der Waals surface area contributed by atoms with Crippen molar-refractivity contribution in [1.82, 2.24) is 20.2 Å². The van der Waals surface area contributed by atoms with Crippen LogP contribution in [0.2, 0.25) is 0 Å². The normalized spacial score (nSPS) is 12.1. The molecule has 232 valence electrons. The van der Waals surface area contributed by atoms with Gasteiger partial charge in [0.2, 0.25) is 0 Å². The maximum Gasteiger partial charge on any atom is 0.407 e. The highest BCUT2D eigenvalue weighted by atomic mass is 19.1. The predicted molar refractivity (Wildman–Crippen MR) is 162 cm³/mol. The highest BCUT2D eigenvalue weighted by molar-refractivity contribution is 5.95. The minimum absolute atomic E-state index is 0.00239. The molecule has 44 heavy (non-hydrogen) atoms. The number of nitro groups is 1. The van der Waals surface area contributed by atoms with Crippen LogP contribution in [0.5, 0.6) is 0 Å². The van der Waals surface area contributed by atoms with Gasteiger partial charge in [0.15, 0.2) is 5.82 Å². The van der Waals surface area contributed by atoms with Gasteiger partial charge in [-0.15, -0.1) is 0 Å². The number of carbonyl (C=O) groups is 2. The zero-order valence-corrected chi connectivity index (χ0v) is 25.0. The van der Waals surface area contributed by atoms with Crippen LogP contribution in [0.3, 0.4) is 0 Å². The van der Waals surface area contributed by atoms with Crippen molar-refractivity contribution in [1.29, 1.82) is 0 Å². The third-order valence-corrected chi connectivity index (χ3v) is 6.83. The fourth-order valence-corrected chi connectivity index (χ4v) is 4.70. The first-order valence-corrected chi connectivity index (χ1v) is 14.3. The molecule has 0 unspecified atom stereocenters. The highest BCUT2D eigenvalue weighted by Crippen LogP contribution is 2.27. The molecule has 2 N–H and O–H groups in total. The number of nitrogens with zero attached hydrogens (tertiary/aromatic N) is 3. The van der Waals surface area contributed by atoms with E-state index in [1.54, 1.807) is 51.1 Å². The van der Waals surface area contributed by atoms with E-state index in [1.165, 1.54) is 16.7 Å². The molecule has 0 spiro atoms. The number of halogens is 2. The Morgan fingerprint density at radius 1 is 1.05 bits per heavy atom. The van der Waals surface area contributed by atoms with E-state index in [0.717, 1.165) is 42.2 Å². The Labute approximate surface area is 253 Å². The monoisotopic (exact) mass is 607 g/mol. The summed E-state index contributed by atoms with van der Waals surface area (Å²) in [4.78, 5) is 41.3. The van der Waals surface area contributed by atoms with Gasteiger partial charge < -0.3 is 19.9 Å². The largest absolute Gasteiger partial charge is 0.444 e. The number of hydrogen-bond donors (Lipinski definition) is 2. The molecule has 4 rings (SSSR count). The SMILES string of the molecule is CCCC[C@@H](CNC(=O)c1nc2cc(-c3ccc(F)cc3)ccc2n1Cc1cc([N+](=O)[O-])ccc1F)NC(=O)OC(C)(C)C. The molecular formula is C32H35F2N5O5. The number of imidazole rings is 1. The highest BCUT2D eigenvalue weighted by Gasteiger charge is 2.23. The van der Waals surface area contributed by atoms with Gasteiger partial charge in [0, 0.05) is 30.3 Å². The third kappa shape index (κ3) is 8.15. The number of carbonyl (C=O) groups excluding carboxylic acids is 2. The van der Waals surface area contributed by atoms with Gasteiger partial charge >= 0.3 is 6.09 Å². The van der Waals surface area contributed by atoms with E-state index in [0.29, 0.717) is 17.5 Å². The molecule has 3 aromatic carbocycles. The van der Waals surface area contributed by atoms with E-state index < -0.39 is 34.4 Å². The van der Waals surface area contributed by atoms with Crippen LogP contribution in [0.1, 0.15) is 63.1 Å². The van der Waals surface area contributed by atoms with E-state index in [4.69, 9.17) is 4.74 Å². The molecular weight excluding hydrogens is 572 g/mol. The van der Waals surface area contributed by atoms with E-state index in [-0.39, 0.29) is 36.0 Å². The summed E-state index contributed by atoms with van der Waals surface area (Å²) in [6, 6.07) is 13.9. The Morgan fingerprint density at radius 2 is 1.75 bits per heavy atom. The summed E-state index contributed by atoms with van der Waals surface area (Å²) in [5, 5.41) is 17.0. The summed E-state index contributed by atoms with van der Waals surface area (Å²) >= 11 is 0. The third-order valence-electron chi connectivity index (χ3n) is 6.83. The van der Waals surface area contributed by atoms with Crippen molar-refractivity contribution < 1.29 is 28.0 Å². The molecule has 0 saturated carbocycles. The summed E-state index contributed by atoms with van der Waals surface area (Å²) < 4.78 is 35.2. The van der Waals surface area contributed by atoms with Gasteiger partial charge in [0.25, 0.3) is 11.6 Å². The average Bonchev–Trinajstić information content (AvgIpc) is 3.32. The van der Waals surface area contributed by atoms with Crippen molar-refractivity contribution in [3.8, 4) is 11.1 Å². The summed E-state index contributed by atoms with van der Waals surface area (Å²) in [6.45, 7) is 7.15. The maximum atomic E-state index is 14.8. The summed E-state index contributed by atoms with van der Waals surface area (Å²) in [7, 11) is 0. The lowest BCUT2D eigenvalue weighted by Crippen LogP contribution is -2.45. The first-order chi connectivity index (χ1) is 20.8. The first kappa shape index (κ1) is 32.1. The zero-order chi connectivity index (χ0) is 32.0. The van der Waals surface area contributed by atoms with Gasteiger partial charge in [-0.05, 0) is 68.7 Å². The molecule has 0 aliphatic heterocycles. The van der Waals surface area contributed by atoms with Crippen molar-refractivity contribution in [2.45, 2.75) is 65.1 Å². The van der Waals surface area contributed by atoms with Crippen molar-refractivity contribution >= 4 is 28.7 Å². The minimum Gasteiger partial charge on any atom is -0.444 e. The van der Waals surface area contributed by atoms with Crippen LogP contribution in [-0.4, -0.2) is 44.7 Å². The predicted octanol–water partition coefficient (Wildman–Crippen LogP) is 6.75. The molecule has 0 saturated heterocycles. The number of unbranched alkanes of at least 4 members (excludes halogenated alkanes) is 1. The second-order valence-electron chi connectivity index (χ2n) is 11.5. The fourth-order valence-electron chi connectivity index (χ4n) is 4.70. The number of aromatic nitrogens is 2. The van der Waals surface area contributed by atoms with Crippen LogP contribution in [0.4, 0.5) is 19.3 Å².